The quantitative estimate of drug-likeness (QED) is 0.841. The van der Waals surface area contributed by atoms with Crippen LogP contribution in [0.3, 0.4) is 0 Å². The summed E-state index contributed by atoms with van der Waals surface area (Å²) in [7, 11) is 0. The molecule has 1 aliphatic heterocycles. The Morgan fingerprint density at radius 2 is 2.00 bits per heavy atom. The summed E-state index contributed by atoms with van der Waals surface area (Å²) < 4.78 is 13.3. The van der Waals surface area contributed by atoms with Crippen molar-refractivity contribution in [3.8, 4) is 0 Å². The number of carboxylic acid groups (broad SMARTS) is 1. The molecule has 1 saturated heterocycles. The average molecular weight is 257 g/mol. The van der Waals surface area contributed by atoms with E-state index in [0.29, 0.717) is 19.4 Å². The van der Waals surface area contributed by atoms with Gasteiger partial charge in [0.25, 0.3) is 0 Å². The van der Waals surface area contributed by atoms with Gasteiger partial charge in [-0.2, -0.15) is 0 Å². The van der Waals surface area contributed by atoms with Crippen LogP contribution in [-0.4, -0.2) is 40.6 Å². The highest BCUT2D eigenvalue weighted by molar-refractivity contribution is 5.80. The van der Waals surface area contributed by atoms with Crippen molar-refractivity contribution in [1.82, 2.24) is 4.90 Å². The van der Waals surface area contributed by atoms with Crippen LogP contribution in [-0.2, 0) is 9.59 Å². The normalized spacial score (nSPS) is 32.5. The number of carbonyl (C=O) groups excluding carboxylic acids is 1. The second-order valence-electron chi connectivity index (χ2n) is 5.39. The molecular formula is C13H20FNO3. The van der Waals surface area contributed by atoms with Crippen molar-refractivity contribution in [1.29, 1.82) is 0 Å². The first-order valence-corrected chi connectivity index (χ1v) is 6.74. The van der Waals surface area contributed by atoms with Gasteiger partial charge in [0.2, 0.25) is 5.91 Å². The number of halogens is 1. The summed E-state index contributed by atoms with van der Waals surface area (Å²) >= 11 is 0. The fourth-order valence-corrected chi connectivity index (χ4v) is 3.13. The molecule has 2 fully saturated rings. The van der Waals surface area contributed by atoms with Crippen LogP contribution in [0.25, 0.3) is 0 Å². The molecule has 1 N–H and O–H groups in total. The first kappa shape index (κ1) is 13.3. The molecule has 1 saturated carbocycles. The van der Waals surface area contributed by atoms with E-state index in [0.717, 1.165) is 25.7 Å². The highest BCUT2D eigenvalue weighted by Gasteiger charge is 2.36. The van der Waals surface area contributed by atoms with Gasteiger partial charge >= 0.3 is 5.97 Å². The molecule has 3 unspecified atom stereocenters. The standard InChI is InChI=1S/C13H20FNO3/c14-10-4-1-3-9(7-10)13(18)15-6-2-5-11(15)8-12(16)17/h9-11H,1-8H2,(H,16,17). The molecule has 1 aliphatic carbocycles. The third-order valence-electron chi connectivity index (χ3n) is 4.03. The second kappa shape index (κ2) is 5.67. The van der Waals surface area contributed by atoms with Crippen molar-refractivity contribution >= 4 is 11.9 Å². The molecule has 0 spiro atoms. The first-order valence-electron chi connectivity index (χ1n) is 6.74. The van der Waals surface area contributed by atoms with Crippen LogP contribution >= 0.6 is 0 Å². The molecule has 0 aromatic rings. The number of carbonyl (C=O) groups is 2. The first-order chi connectivity index (χ1) is 8.58. The molecule has 4 nitrogen and oxygen atoms in total. The number of rotatable bonds is 3. The van der Waals surface area contributed by atoms with Gasteiger partial charge in [-0.3, -0.25) is 9.59 Å². The highest BCUT2D eigenvalue weighted by atomic mass is 19.1. The molecule has 0 bridgehead atoms. The smallest absolute Gasteiger partial charge is 0.305 e. The molecule has 1 heterocycles. The van der Waals surface area contributed by atoms with Crippen molar-refractivity contribution in [3.63, 3.8) is 0 Å². The average Bonchev–Trinajstić information content (AvgIpc) is 2.75. The van der Waals surface area contributed by atoms with Gasteiger partial charge in [-0.25, -0.2) is 4.39 Å². The molecule has 2 aliphatic rings. The fraction of sp³-hybridized carbons (Fsp3) is 0.846. The summed E-state index contributed by atoms with van der Waals surface area (Å²) in [6, 6.07) is -0.185. The van der Waals surface area contributed by atoms with Crippen molar-refractivity contribution in [2.45, 2.75) is 57.2 Å². The minimum atomic E-state index is -0.869. The maximum Gasteiger partial charge on any atom is 0.305 e. The lowest BCUT2D eigenvalue weighted by atomic mass is 9.87. The van der Waals surface area contributed by atoms with Gasteiger partial charge in [-0.1, -0.05) is 0 Å². The summed E-state index contributed by atoms with van der Waals surface area (Å²) in [6.07, 6.45) is 3.13. The van der Waals surface area contributed by atoms with Crippen LogP contribution in [0.2, 0.25) is 0 Å². The molecule has 3 atom stereocenters. The summed E-state index contributed by atoms with van der Waals surface area (Å²) in [5.41, 5.74) is 0. The minimum Gasteiger partial charge on any atom is -0.481 e. The number of hydrogen-bond donors (Lipinski definition) is 1. The predicted octanol–water partition coefficient (Wildman–Crippen LogP) is 1.98. The molecule has 0 radical (unpaired) electrons. The highest BCUT2D eigenvalue weighted by Crippen LogP contribution is 2.31. The molecule has 5 heteroatoms. The van der Waals surface area contributed by atoms with Crippen molar-refractivity contribution in [3.05, 3.63) is 0 Å². The van der Waals surface area contributed by atoms with Gasteiger partial charge in [0.1, 0.15) is 6.17 Å². The largest absolute Gasteiger partial charge is 0.481 e. The topological polar surface area (TPSA) is 57.6 Å². The lowest BCUT2D eigenvalue weighted by molar-refractivity contribution is -0.142. The zero-order chi connectivity index (χ0) is 13.1. The number of likely N-dealkylation sites (tertiary alicyclic amines) is 1. The molecule has 0 aromatic heterocycles. The van der Waals surface area contributed by atoms with Crippen LogP contribution in [0.15, 0.2) is 0 Å². The maximum absolute atomic E-state index is 13.3. The van der Waals surface area contributed by atoms with Gasteiger partial charge in [0.05, 0.1) is 6.42 Å². The lowest BCUT2D eigenvalue weighted by Gasteiger charge is -2.31. The zero-order valence-electron chi connectivity index (χ0n) is 10.5. The molecule has 102 valence electrons. The summed E-state index contributed by atoms with van der Waals surface area (Å²) in [4.78, 5) is 24.7. The minimum absolute atomic E-state index is 0.0114. The Kier molecular flexibility index (Phi) is 4.19. The molecule has 18 heavy (non-hydrogen) atoms. The molecule has 0 aromatic carbocycles. The van der Waals surface area contributed by atoms with E-state index in [1.807, 2.05) is 0 Å². The van der Waals surface area contributed by atoms with E-state index in [-0.39, 0.29) is 24.3 Å². The summed E-state index contributed by atoms with van der Waals surface area (Å²) in [6.45, 7) is 0.629. The van der Waals surface area contributed by atoms with E-state index in [1.165, 1.54) is 0 Å². The Balaban J connectivity index is 1.96. The number of aliphatic carboxylic acids is 1. The van der Waals surface area contributed by atoms with Crippen molar-refractivity contribution in [2.24, 2.45) is 5.92 Å². The van der Waals surface area contributed by atoms with Gasteiger partial charge in [0.15, 0.2) is 0 Å². The number of nitrogens with zero attached hydrogens (tertiary/aromatic N) is 1. The van der Waals surface area contributed by atoms with Crippen LogP contribution in [0.4, 0.5) is 4.39 Å². The number of alkyl halides is 1. The number of hydrogen-bond acceptors (Lipinski definition) is 2. The Morgan fingerprint density at radius 1 is 1.22 bits per heavy atom. The van der Waals surface area contributed by atoms with Gasteiger partial charge < -0.3 is 10.0 Å². The predicted molar refractivity (Wildman–Crippen MR) is 63.8 cm³/mol. The van der Waals surface area contributed by atoms with Gasteiger partial charge in [-0.15, -0.1) is 0 Å². The summed E-state index contributed by atoms with van der Waals surface area (Å²) in [5.74, 6) is -1.13. The monoisotopic (exact) mass is 257 g/mol. The molecule has 1 amide bonds. The SMILES string of the molecule is O=C(O)CC1CCCN1C(=O)C1CCCC(F)C1. The van der Waals surface area contributed by atoms with Gasteiger partial charge in [-0.05, 0) is 38.5 Å². The van der Waals surface area contributed by atoms with E-state index in [1.54, 1.807) is 4.90 Å². The fourth-order valence-electron chi connectivity index (χ4n) is 3.13. The molecular weight excluding hydrogens is 237 g/mol. The van der Waals surface area contributed by atoms with Crippen molar-refractivity contribution in [2.75, 3.05) is 6.54 Å². The van der Waals surface area contributed by atoms with Crippen LogP contribution in [0.5, 0.6) is 0 Å². The number of amides is 1. The van der Waals surface area contributed by atoms with Crippen LogP contribution < -0.4 is 0 Å². The van der Waals surface area contributed by atoms with E-state index in [9.17, 15) is 14.0 Å². The Bertz CT molecular complexity index is 334. The maximum atomic E-state index is 13.3. The zero-order valence-corrected chi connectivity index (χ0v) is 10.5. The van der Waals surface area contributed by atoms with Gasteiger partial charge in [0, 0.05) is 18.5 Å². The van der Waals surface area contributed by atoms with Crippen LogP contribution in [0, 0.1) is 5.92 Å². The third-order valence-corrected chi connectivity index (χ3v) is 4.03. The summed E-state index contributed by atoms with van der Waals surface area (Å²) in [5, 5.41) is 8.83. The second-order valence-corrected chi connectivity index (χ2v) is 5.39. The number of carboxylic acids is 1. The Morgan fingerprint density at radius 3 is 2.67 bits per heavy atom. The van der Waals surface area contributed by atoms with E-state index < -0.39 is 12.1 Å². The Labute approximate surface area is 106 Å². The molecule has 2 rings (SSSR count). The van der Waals surface area contributed by atoms with Crippen molar-refractivity contribution < 1.29 is 19.1 Å². The van der Waals surface area contributed by atoms with Crippen LogP contribution in [0.1, 0.15) is 44.9 Å². The Hall–Kier alpha value is -1.13. The van der Waals surface area contributed by atoms with E-state index in [2.05, 4.69) is 0 Å². The van der Waals surface area contributed by atoms with E-state index >= 15 is 0 Å². The van der Waals surface area contributed by atoms with E-state index in [4.69, 9.17) is 5.11 Å². The lowest BCUT2D eigenvalue weighted by Crippen LogP contribution is -2.42. The third kappa shape index (κ3) is 3.00.